The van der Waals surface area contributed by atoms with Gasteiger partial charge in [-0.2, -0.15) is 0 Å². The fourth-order valence-corrected chi connectivity index (χ4v) is 4.29. The summed E-state index contributed by atoms with van der Waals surface area (Å²) in [6.07, 6.45) is 4.22. The van der Waals surface area contributed by atoms with Crippen LogP contribution in [0.25, 0.3) is 0 Å². The average molecular weight is 302 g/mol. The number of anilines is 1. The first-order chi connectivity index (χ1) is 8.86. The molecule has 0 bridgehead atoms. The summed E-state index contributed by atoms with van der Waals surface area (Å²) in [4.78, 5) is 16.2. The SMILES string of the molecule is CS(=O)(=O)C1CCCC(C(=O)Cc2csc(N)n2)C1. The maximum absolute atomic E-state index is 12.2. The number of ketones is 1. The average Bonchev–Trinajstić information content (AvgIpc) is 2.74. The molecule has 1 aliphatic carbocycles. The first kappa shape index (κ1) is 14.5. The first-order valence-corrected chi connectivity index (χ1v) is 9.11. The van der Waals surface area contributed by atoms with Gasteiger partial charge in [0.2, 0.25) is 0 Å². The van der Waals surface area contributed by atoms with E-state index >= 15 is 0 Å². The molecule has 2 atom stereocenters. The highest BCUT2D eigenvalue weighted by atomic mass is 32.2. The van der Waals surface area contributed by atoms with Gasteiger partial charge >= 0.3 is 0 Å². The highest BCUT2D eigenvalue weighted by Crippen LogP contribution is 2.30. The number of hydrogen-bond donors (Lipinski definition) is 1. The number of aromatic nitrogens is 1. The van der Waals surface area contributed by atoms with Crippen molar-refractivity contribution < 1.29 is 13.2 Å². The Bertz CT molecular complexity index is 565. The molecule has 106 valence electrons. The van der Waals surface area contributed by atoms with Crippen LogP contribution in [0.5, 0.6) is 0 Å². The molecule has 2 N–H and O–H groups in total. The molecule has 1 aliphatic rings. The topological polar surface area (TPSA) is 90.1 Å². The first-order valence-electron chi connectivity index (χ1n) is 6.27. The molecule has 0 aliphatic heterocycles. The van der Waals surface area contributed by atoms with E-state index in [0.717, 1.165) is 12.8 Å². The highest BCUT2D eigenvalue weighted by molar-refractivity contribution is 7.91. The number of nitrogen functional groups attached to an aromatic ring is 1. The molecule has 0 spiro atoms. The molecule has 5 nitrogen and oxygen atoms in total. The smallest absolute Gasteiger partial charge is 0.180 e. The maximum atomic E-state index is 12.2. The molecule has 1 heterocycles. The van der Waals surface area contributed by atoms with E-state index < -0.39 is 9.84 Å². The lowest BCUT2D eigenvalue weighted by Gasteiger charge is -2.26. The standard InChI is InChI=1S/C12H18N2O3S2/c1-19(16,17)10-4-2-3-8(5-10)11(15)6-9-7-18-12(13)14-9/h7-8,10H,2-6H2,1H3,(H2,13,14). The summed E-state index contributed by atoms with van der Waals surface area (Å²) in [7, 11) is -3.05. The van der Waals surface area contributed by atoms with Crippen LogP contribution in [-0.2, 0) is 21.1 Å². The number of rotatable bonds is 4. The van der Waals surface area contributed by atoms with Gasteiger partial charge in [0.15, 0.2) is 5.13 Å². The lowest BCUT2D eigenvalue weighted by Crippen LogP contribution is -2.31. The molecule has 0 amide bonds. The van der Waals surface area contributed by atoms with Crippen molar-refractivity contribution in [3.63, 3.8) is 0 Å². The van der Waals surface area contributed by atoms with Crippen LogP contribution in [-0.4, -0.2) is 30.7 Å². The molecule has 0 aromatic carbocycles. The zero-order chi connectivity index (χ0) is 14.0. The van der Waals surface area contributed by atoms with E-state index in [0.29, 0.717) is 23.7 Å². The summed E-state index contributed by atoms with van der Waals surface area (Å²) >= 11 is 1.32. The number of carbonyl (C=O) groups excluding carboxylic acids is 1. The van der Waals surface area contributed by atoms with Crippen LogP contribution in [0.2, 0.25) is 0 Å². The Balaban J connectivity index is 1.99. The van der Waals surface area contributed by atoms with Crippen molar-refractivity contribution in [2.45, 2.75) is 37.4 Å². The number of nitrogens with two attached hydrogens (primary N) is 1. The molecular weight excluding hydrogens is 284 g/mol. The number of nitrogens with zero attached hydrogens (tertiary/aromatic N) is 1. The second-order valence-electron chi connectivity index (χ2n) is 5.14. The van der Waals surface area contributed by atoms with Crippen LogP contribution in [0, 0.1) is 5.92 Å². The van der Waals surface area contributed by atoms with Crippen LogP contribution < -0.4 is 5.73 Å². The molecule has 1 saturated carbocycles. The van der Waals surface area contributed by atoms with Gasteiger partial charge in [-0.3, -0.25) is 4.79 Å². The van der Waals surface area contributed by atoms with Gasteiger partial charge in [0.05, 0.1) is 10.9 Å². The number of Topliss-reactive ketones (excluding diaryl/α,β-unsaturated/α-hetero) is 1. The van der Waals surface area contributed by atoms with Gasteiger partial charge in [-0.15, -0.1) is 11.3 Å². The predicted molar refractivity (Wildman–Crippen MR) is 75.8 cm³/mol. The summed E-state index contributed by atoms with van der Waals surface area (Å²) in [6, 6.07) is 0. The summed E-state index contributed by atoms with van der Waals surface area (Å²) in [5.41, 5.74) is 6.22. The Morgan fingerprint density at radius 2 is 2.26 bits per heavy atom. The van der Waals surface area contributed by atoms with E-state index in [-0.39, 0.29) is 23.4 Å². The van der Waals surface area contributed by atoms with E-state index in [1.165, 1.54) is 17.6 Å². The van der Waals surface area contributed by atoms with Crippen molar-refractivity contribution >= 4 is 32.1 Å². The van der Waals surface area contributed by atoms with Crippen LogP contribution in [0.1, 0.15) is 31.4 Å². The van der Waals surface area contributed by atoms with Gasteiger partial charge in [0.1, 0.15) is 15.6 Å². The Hall–Kier alpha value is -0.950. The Kier molecular flexibility index (Phi) is 4.25. The van der Waals surface area contributed by atoms with Crippen LogP contribution in [0.4, 0.5) is 5.13 Å². The lowest BCUT2D eigenvalue weighted by molar-refractivity contribution is -0.123. The quantitative estimate of drug-likeness (QED) is 0.909. The van der Waals surface area contributed by atoms with E-state index in [2.05, 4.69) is 4.98 Å². The summed E-state index contributed by atoms with van der Waals surface area (Å²) in [5, 5.41) is 1.88. The number of hydrogen-bond acceptors (Lipinski definition) is 6. The van der Waals surface area contributed by atoms with E-state index in [9.17, 15) is 13.2 Å². The largest absolute Gasteiger partial charge is 0.375 e. The maximum Gasteiger partial charge on any atom is 0.180 e. The molecule has 2 rings (SSSR count). The molecule has 1 aromatic heterocycles. The van der Waals surface area contributed by atoms with E-state index in [1.807, 2.05) is 0 Å². The molecule has 2 unspecified atom stereocenters. The summed E-state index contributed by atoms with van der Waals surface area (Å²) in [5.74, 6) is -0.0740. The fourth-order valence-electron chi connectivity index (χ4n) is 2.55. The van der Waals surface area contributed by atoms with Gasteiger partial charge in [-0.05, 0) is 19.3 Å². The molecule has 1 fully saturated rings. The van der Waals surface area contributed by atoms with Crippen molar-refractivity contribution in [3.05, 3.63) is 11.1 Å². The Morgan fingerprint density at radius 1 is 1.53 bits per heavy atom. The normalized spacial score (nSPS) is 24.3. The van der Waals surface area contributed by atoms with Crippen molar-refractivity contribution in [1.29, 1.82) is 0 Å². The van der Waals surface area contributed by atoms with Gasteiger partial charge in [0.25, 0.3) is 0 Å². The zero-order valence-electron chi connectivity index (χ0n) is 10.8. The third-order valence-corrected chi connectivity index (χ3v) is 5.97. The third-order valence-electron chi connectivity index (χ3n) is 3.61. The molecular formula is C12H18N2O3S2. The predicted octanol–water partition coefficient (Wildman–Crippen LogP) is 1.44. The molecule has 19 heavy (non-hydrogen) atoms. The minimum absolute atomic E-state index is 0.0821. The van der Waals surface area contributed by atoms with Crippen LogP contribution >= 0.6 is 11.3 Å². The number of carbonyl (C=O) groups is 1. The van der Waals surface area contributed by atoms with E-state index in [1.54, 1.807) is 5.38 Å². The van der Waals surface area contributed by atoms with Gasteiger partial charge < -0.3 is 5.73 Å². The molecule has 0 radical (unpaired) electrons. The van der Waals surface area contributed by atoms with Gasteiger partial charge in [0, 0.05) is 24.0 Å². The molecule has 7 heteroatoms. The highest BCUT2D eigenvalue weighted by Gasteiger charge is 2.32. The third kappa shape index (κ3) is 3.76. The van der Waals surface area contributed by atoms with Crippen molar-refractivity contribution in [2.75, 3.05) is 12.0 Å². The second kappa shape index (κ2) is 5.58. The Labute approximate surface area is 117 Å². The number of sulfone groups is 1. The minimum Gasteiger partial charge on any atom is -0.375 e. The number of thiazole rings is 1. The van der Waals surface area contributed by atoms with Crippen molar-refractivity contribution in [3.8, 4) is 0 Å². The van der Waals surface area contributed by atoms with Crippen LogP contribution in [0.15, 0.2) is 5.38 Å². The molecule has 0 saturated heterocycles. The summed E-state index contributed by atoms with van der Waals surface area (Å²) in [6.45, 7) is 0. The van der Waals surface area contributed by atoms with Gasteiger partial charge in [-0.25, -0.2) is 13.4 Å². The fraction of sp³-hybridized carbons (Fsp3) is 0.667. The second-order valence-corrected chi connectivity index (χ2v) is 8.35. The van der Waals surface area contributed by atoms with Crippen LogP contribution in [0.3, 0.4) is 0 Å². The van der Waals surface area contributed by atoms with Gasteiger partial charge in [-0.1, -0.05) is 6.42 Å². The molecule has 1 aromatic rings. The van der Waals surface area contributed by atoms with E-state index in [4.69, 9.17) is 5.73 Å². The Morgan fingerprint density at radius 3 is 2.84 bits per heavy atom. The zero-order valence-corrected chi connectivity index (χ0v) is 12.5. The lowest BCUT2D eigenvalue weighted by atomic mass is 9.84. The minimum atomic E-state index is -3.05. The van der Waals surface area contributed by atoms with Crippen molar-refractivity contribution in [2.24, 2.45) is 5.92 Å². The monoisotopic (exact) mass is 302 g/mol. The van der Waals surface area contributed by atoms with Crippen molar-refractivity contribution in [1.82, 2.24) is 4.98 Å². The summed E-state index contributed by atoms with van der Waals surface area (Å²) < 4.78 is 23.2.